The van der Waals surface area contributed by atoms with Gasteiger partial charge in [0.15, 0.2) is 0 Å². The molecule has 0 radical (unpaired) electrons. The quantitative estimate of drug-likeness (QED) is 0.790. The highest BCUT2D eigenvalue weighted by molar-refractivity contribution is 7.09. The van der Waals surface area contributed by atoms with Crippen molar-refractivity contribution in [1.82, 2.24) is 15.0 Å². The molecule has 6 heteroatoms. The van der Waals surface area contributed by atoms with Gasteiger partial charge < -0.3 is 4.90 Å². The van der Waals surface area contributed by atoms with Crippen LogP contribution in [0.3, 0.4) is 0 Å². The highest BCUT2D eigenvalue weighted by atomic mass is 35.5. The second-order valence-corrected chi connectivity index (χ2v) is 4.80. The van der Waals surface area contributed by atoms with Gasteiger partial charge in [-0.1, -0.05) is 0 Å². The molecule has 0 fully saturated rings. The van der Waals surface area contributed by atoms with Crippen molar-refractivity contribution in [3.05, 3.63) is 33.6 Å². The summed E-state index contributed by atoms with van der Waals surface area (Å²) in [5, 5.41) is 3.39. The number of aryl methyl sites for hydroxylation is 1. The number of anilines is 1. The molecular formula is C10H11ClN4S. The van der Waals surface area contributed by atoms with Crippen molar-refractivity contribution in [2.45, 2.75) is 13.5 Å². The lowest BCUT2D eigenvalue weighted by Gasteiger charge is -2.16. The molecule has 2 rings (SSSR count). The van der Waals surface area contributed by atoms with Crippen LogP contribution < -0.4 is 4.90 Å². The zero-order valence-electron chi connectivity index (χ0n) is 9.01. The maximum absolute atomic E-state index is 5.73. The van der Waals surface area contributed by atoms with E-state index in [1.165, 1.54) is 0 Å². The van der Waals surface area contributed by atoms with Gasteiger partial charge in [-0.05, 0) is 24.6 Å². The number of thiazole rings is 1. The third-order valence-corrected chi connectivity index (χ3v) is 3.07. The Bertz CT molecular complexity index is 485. The lowest BCUT2D eigenvalue weighted by Crippen LogP contribution is -2.18. The molecule has 0 aliphatic carbocycles. The molecule has 2 heterocycles. The van der Waals surface area contributed by atoms with Crippen molar-refractivity contribution in [2.24, 2.45) is 0 Å². The monoisotopic (exact) mass is 254 g/mol. The van der Waals surface area contributed by atoms with Crippen LogP contribution in [0.5, 0.6) is 0 Å². The van der Waals surface area contributed by atoms with Crippen LogP contribution in [-0.4, -0.2) is 22.0 Å². The first-order chi connectivity index (χ1) is 7.65. The normalized spacial score (nSPS) is 10.4. The predicted octanol–water partition coefficient (Wildman–Crippen LogP) is 2.53. The van der Waals surface area contributed by atoms with Crippen LogP contribution >= 0.6 is 22.9 Å². The Labute approximate surface area is 103 Å². The van der Waals surface area contributed by atoms with Gasteiger partial charge in [0, 0.05) is 18.6 Å². The molecule has 0 amide bonds. The smallest absolute Gasteiger partial charge is 0.224 e. The Hall–Kier alpha value is -1.20. The molecule has 2 aromatic heterocycles. The Kier molecular flexibility index (Phi) is 3.36. The topological polar surface area (TPSA) is 41.9 Å². The van der Waals surface area contributed by atoms with Crippen LogP contribution in [0.25, 0.3) is 0 Å². The van der Waals surface area contributed by atoms with E-state index < -0.39 is 0 Å². The number of aromatic nitrogens is 3. The molecule has 0 bridgehead atoms. The molecule has 84 valence electrons. The van der Waals surface area contributed by atoms with Gasteiger partial charge in [0.2, 0.25) is 5.28 Å². The van der Waals surface area contributed by atoms with Crippen molar-refractivity contribution in [2.75, 3.05) is 11.9 Å². The third kappa shape index (κ3) is 2.68. The van der Waals surface area contributed by atoms with Crippen LogP contribution in [0, 0.1) is 6.92 Å². The summed E-state index contributed by atoms with van der Waals surface area (Å²) in [6.45, 7) is 2.72. The fourth-order valence-electron chi connectivity index (χ4n) is 1.34. The average Bonchev–Trinajstić information content (AvgIpc) is 2.64. The Morgan fingerprint density at radius 3 is 2.88 bits per heavy atom. The number of halogens is 1. The Morgan fingerprint density at radius 2 is 2.25 bits per heavy atom. The largest absolute Gasteiger partial charge is 0.354 e. The first-order valence-corrected chi connectivity index (χ1v) is 6.01. The van der Waals surface area contributed by atoms with Gasteiger partial charge in [0.1, 0.15) is 5.82 Å². The van der Waals surface area contributed by atoms with Crippen molar-refractivity contribution >= 4 is 28.8 Å². The second-order valence-electron chi connectivity index (χ2n) is 3.40. The Morgan fingerprint density at radius 1 is 1.44 bits per heavy atom. The highest BCUT2D eigenvalue weighted by Crippen LogP contribution is 2.15. The summed E-state index contributed by atoms with van der Waals surface area (Å²) in [6, 6.07) is 1.82. The van der Waals surface area contributed by atoms with E-state index in [1.807, 2.05) is 24.9 Å². The summed E-state index contributed by atoms with van der Waals surface area (Å²) in [5.41, 5.74) is 1.04. The molecule has 0 aromatic carbocycles. The summed E-state index contributed by atoms with van der Waals surface area (Å²) >= 11 is 7.38. The van der Waals surface area contributed by atoms with Crippen LogP contribution in [-0.2, 0) is 6.54 Å². The van der Waals surface area contributed by atoms with Crippen LogP contribution in [0.4, 0.5) is 5.82 Å². The average molecular weight is 255 g/mol. The summed E-state index contributed by atoms with van der Waals surface area (Å²) in [4.78, 5) is 14.4. The summed E-state index contributed by atoms with van der Waals surface area (Å²) in [7, 11) is 1.95. The predicted molar refractivity (Wildman–Crippen MR) is 66.0 cm³/mol. The number of nitrogens with zero attached hydrogens (tertiary/aromatic N) is 4. The minimum absolute atomic E-state index is 0.263. The van der Waals surface area contributed by atoms with Gasteiger partial charge in [0.05, 0.1) is 17.2 Å². The van der Waals surface area contributed by atoms with Crippen molar-refractivity contribution < 1.29 is 0 Å². The fraction of sp³-hybridized carbons (Fsp3) is 0.300. The van der Waals surface area contributed by atoms with E-state index in [-0.39, 0.29) is 5.28 Å². The second kappa shape index (κ2) is 4.76. The molecule has 0 aliphatic heterocycles. The summed E-state index contributed by atoms with van der Waals surface area (Å²) in [5.74, 6) is 0.797. The molecule has 0 saturated heterocycles. The van der Waals surface area contributed by atoms with E-state index in [0.717, 1.165) is 23.1 Å². The minimum Gasteiger partial charge on any atom is -0.354 e. The molecule has 0 spiro atoms. The molecule has 0 aliphatic rings. The fourth-order valence-corrected chi connectivity index (χ4v) is 2.09. The van der Waals surface area contributed by atoms with E-state index in [2.05, 4.69) is 20.3 Å². The van der Waals surface area contributed by atoms with Crippen LogP contribution in [0.15, 0.2) is 17.6 Å². The van der Waals surface area contributed by atoms with Gasteiger partial charge in [-0.2, -0.15) is 0 Å². The van der Waals surface area contributed by atoms with E-state index in [4.69, 9.17) is 11.6 Å². The molecule has 2 aromatic rings. The number of hydrogen-bond acceptors (Lipinski definition) is 5. The van der Waals surface area contributed by atoms with E-state index in [1.54, 1.807) is 17.5 Å². The lowest BCUT2D eigenvalue weighted by molar-refractivity contribution is 0.865. The van der Waals surface area contributed by atoms with Crippen LogP contribution in [0.2, 0.25) is 5.28 Å². The van der Waals surface area contributed by atoms with Gasteiger partial charge in [-0.3, -0.25) is 0 Å². The van der Waals surface area contributed by atoms with Crippen molar-refractivity contribution in [3.63, 3.8) is 0 Å². The van der Waals surface area contributed by atoms with Gasteiger partial charge in [-0.15, -0.1) is 11.3 Å². The van der Waals surface area contributed by atoms with Gasteiger partial charge >= 0.3 is 0 Å². The van der Waals surface area contributed by atoms with Crippen molar-refractivity contribution in [1.29, 1.82) is 0 Å². The first kappa shape index (κ1) is 11.3. The molecule has 4 nitrogen and oxygen atoms in total. The standard InChI is InChI=1S/C10H11ClN4S/c1-7-13-8(6-16-7)5-15(2)9-3-4-12-10(11)14-9/h3-4,6H,5H2,1-2H3. The molecule has 16 heavy (non-hydrogen) atoms. The molecule has 0 unspecified atom stereocenters. The summed E-state index contributed by atoms with van der Waals surface area (Å²) in [6.07, 6.45) is 1.65. The zero-order chi connectivity index (χ0) is 11.5. The molecular weight excluding hydrogens is 244 g/mol. The number of hydrogen-bond donors (Lipinski definition) is 0. The van der Waals surface area contributed by atoms with E-state index >= 15 is 0 Å². The SMILES string of the molecule is Cc1nc(CN(C)c2ccnc(Cl)n2)cs1. The highest BCUT2D eigenvalue weighted by Gasteiger charge is 2.06. The molecule has 0 N–H and O–H groups in total. The van der Waals surface area contributed by atoms with Gasteiger partial charge in [0.25, 0.3) is 0 Å². The minimum atomic E-state index is 0.263. The van der Waals surface area contributed by atoms with E-state index in [9.17, 15) is 0 Å². The maximum Gasteiger partial charge on any atom is 0.224 e. The maximum atomic E-state index is 5.73. The van der Waals surface area contributed by atoms with Crippen molar-refractivity contribution in [3.8, 4) is 0 Å². The number of rotatable bonds is 3. The first-order valence-electron chi connectivity index (χ1n) is 4.76. The zero-order valence-corrected chi connectivity index (χ0v) is 10.6. The third-order valence-electron chi connectivity index (χ3n) is 2.07. The lowest BCUT2D eigenvalue weighted by atomic mass is 10.4. The van der Waals surface area contributed by atoms with Crippen LogP contribution in [0.1, 0.15) is 10.7 Å². The van der Waals surface area contributed by atoms with Gasteiger partial charge in [-0.25, -0.2) is 15.0 Å². The van der Waals surface area contributed by atoms with E-state index in [0.29, 0.717) is 0 Å². The Balaban J connectivity index is 2.11. The summed E-state index contributed by atoms with van der Waals surface area (Å²) < 4.78 is 0. The molecule has 0 atom stereocenters. The molecule has 0 saturated carbocycles.